The summed E-state index contributed by atoms with van der Waals surface area (Å²) in [4.78, 5) is 14.9. The summed E-state index contributed by atoms with van der Waals surface area (Å²) in [5.41, 5.74) is 9.14. The van der Waals surface area contributed by atoms with Crippen LogP contribution < -0.4 is 20.7 Å². The van der Waals surface area contributed by atoms with Crippen molar-refractivity contribution in [3.63, 3.8) is 0 Å². The van der Waals surface area contributed by atoms with Crippen molar-refractivity contribution in [3.8, 4) is 5.75 Å². The molecule has 1 aliphatic rings. The molecular weight excluding hydrogens is 409 g/mol. The number of nitrogen functional groups attached to an aromatic ring is 1. The summed E-state index contributed by atoms with van der Waals surface area (Å²) in [6.07, 6.45) is 1.04. The van der Waals surface area contributed by atoms with Crippen LogP contribution in [0.15, 0.2) is 36.4 Å². The molecule has 0 radical (unpaired) electrons. The van der Waals surface area contributed by atoms with Crippen LogP contribution in [0.3, 0.4) is 0 Å². The minimum atomic E-state index is -0.224. The molecule has 1 heterocycles. The maximum Gasteiger partial charge on any atom is 0.255 e. The van der Waals surface area contributed by atoms with Gasteiger partial charge in [0, 0.05) is 30.9 Å². The molecule has 2 aromatic carbocycles. The van der Waals surface area contributed by atoms with Gasteiger partial charge in [-0.05, 0) is 31.0 Å². The van der Waals surface area contributed by atoms with Crippen molar-refractivity contribution < 1.29 is 9.53 Å². The first kappa shape index (κ1) is 23.2. The van der Waals surface area contributed by atoms with Gasteiger partial charge in [0.05, 0.1) is 23.4 Å². The molecule has 2 aromatic rings. The van der Waals surface area contributed by atoms with Crippen molar-refractivity contribution in [2.45, 2.75) is 19.4 Å². The number of anilines is 2. The number of carbonyl (C=O) groups excluding carboxylic acids is 1. The molecule has 0 fully saturated rings. The number of amides is 1. The lowest BCUT2D eigenvalue weighted by atomic mass is 10.1. The quantitative estimate of drug-likeness (QED) is 0.702. The molecule has 1 aliphatic heterocycles. The van der Waals surface area contributed by atoms with E-state index in [9.17, 15) is 4.79 Å². The average molecular weight is 433 g/mol. The van der Waals surface area contributed by atoms with Crippen LogP contribution in [0.5, 0.6) is 5.75 Å². The Hall–Kier alpha value is -1.82. The topological polar surface area (TPSA) is 67.6 Å². The predicted molar refractivity (Wildman–Crippen MR) is 116 cm³/mol. The summed E-state index contributed by atoms with van der Waals surface area (Å²) in [5, 5.41) is 3.31. The lowest BCUT2D eigenvalue weighted by Gasteiger charge is -2.27. The van der Waals surface area contributed by atoms with Crippen molar-refractivity contribution in [2.75, 3.05) is 30.8 Å². The molecule has 3 N–H and O–H groups in total. The van der Waals surface area contributed by atoms with Crippen LogP contribution in [-0.4, -0.2) is 32.1 Å². The van der Waals surface area contributed by atoms with Crippen LogP contribution in [0, 0.1) is 0 Å². The fourth-order valence-electron chi connectivity index (χ4n) is 3.18. The van der Waals surface area contributed by atoms with Crippen molar-refractivity contribution in [3.05, 3.63) is 52.5 Å². The Labute approximate surface area is 177 Å². The molecule has 0 aliphatic carbocycles. The van der Waals surface area contributed by atoms with E-state index in [0.29, 0.717) is 28.6 Å². The van der Waals surface area contributed by atoms with E-state index in [4.69, 9.17) is 22.1 Å². The molecule has 148 valence electrons. The van der Waals surface area contributed by atoms with E-state index >= 15 is 0 Å². The van der Waals surface area contributed by atoms with E-state index in [0.717, 1.165) is 13.0 Å². The van der Waals surface area contributed by atoms with E-state index in [-0.39, 0.29) is 36.8 Å². The summed E-state index contributed by atoms with van der Waals surface area (Å²) < 4.78 is 5.25. The van der Waals surface area contributed by atoms with Crippen molar-refractivity contribution in [1.29, 1.82) is 0 Å². The van der Waals surface area contributed by atoms with Crippen LogP contribution in [0.4, 0.5) is 11.4 Å². The lowest BCUT2D eigenvalue weighted by Crippen LogP contribution is -2.41. The van der Waals surface area contributed by atoms with Crippen LogP contribution >= 0.6 is 36.4 Å². The fraction of sp³-hybridized carbons (Fsp3) is 0.316. The summed E-state index contributed by atoms with van der Waals surface area (Å²) in [6, 6.07) is 11.7. The molecule has 1 amide bonds. The van der Waals surface area contributed by atoms with Gasteiger partial charge in [0.15, 0.2) is 0 Å². The normalized spacial score (nSPS) is 13.1. The highest BCUT2D eigenvalue weighted by molar-refractivity contribution is 6.33. The van der Waals surface area contributed by atoms with Gasteiger partial charge in [0.25, 0.3) is 5.91 Å². The smallest absolute Gasteiger partial charge is 0.255 e. The van der Waals surface area contributed by atoms with Crippen LogP contribution in [0.25, 0.3) is 0 Å². The van der Waals surface area contributed by atoms with Crippen molar-refractivity contribution in [2.24, 2.45) is 0 Å². The number of methoxy groups -OCH3 is 1. The van der Waals surface area contributed by atoms with Crippen LogP contribution in [-0.2, 0) is 6.42 Å². The molecule has 0 saturated heterocycles. The highest BCUT2D eigenvalue weighted by Crippen LogP contribution is 2.30. The third-order valence-electron chi connectivity index (χ3n) is 4.58. The van der Waals surface area contributed by atoms with E-state index < -0.39 is 0 Å². The maximum absolute atomic E-state index is 12.5. The Bertz CT molecular complexity index is 802. The van der Waals surface area contributed by atoms with Gasteiger partial charge < -0.3 is 20.7 Å². The number of nitrogens with one attached hydrogen (secondary N) is 1. The molecule has 0 bridgehead atoms. The maximum atomic E-state index is 12.5. The third-order valence-corrected chi connectivity index (χ3v) is 4.90. The highest BCUT2D eigenvalue weighted by atomic mass is 35.5. The van der Waals surface area contributed by atoms with E-state index in [1.54, 1.807) is 12.1 Å². The Morgan fingerprint density at radius 1 is 1.33 bits per heavy atom. The average Bonchev–Trinajstić information content (AvgIpc) is 3.05. The minimum absolute atomic E-state index is 0. The number of nitrogens with two attached hydrogens (primary N) is 1. The first-order valence-electron chi connectivity index (χ1n) is 8.27. The Kier molecular flexibility index (Phi) is 8.54. The summed E-state index contributed by atoms with van der Waals surface area (Å²) in [5.74, 6) is 0.191. The minimum Gasteiger partial charge on any atom is -0.496 e. The van der Waals surface area contributed by atoms with Crippen molar-refractivity contribution >= 4 is 53.7 Å². The van der Waals surface area contributed by atoms with Gasteiger partial charge in [-0.1, -0.05) is 29.8 Å². The molecule has 1 unspecified atom stereocenters. The van der Waals surface area contributed by atoms with Crippen LogP contribution in [0.1, 0.15) is 22.8 Å². The SMILES string of the molecule is COc1cc(N)c(Cl)cc1C(=O)NCC(C)N1CCc2ccccc21.Cl.Cl. The number of para-hydroxylation sites is 1. The summed E-state index contributed by atoms with van der Waals surface area (Å²) in [7, 11) is 1.50. The fourth-order valence-corrected chi connectivity index (χ4v) is 3.35. The van der Waals surface area contributed by atoms with Gasteiger partial charge in [-0.3, -0.25) is 4.79 Å². The number of halogens is 3. The Morgan fingerprint density at radius 3 is 2.74 bits per heavy atom. The number of hydrogen-bond donors (Lipinski definition) is 2. The van der Waals surface area contributed by atoms with Gasteiger partial charge in [0.1, 0.15) is 5.75 Å². The van der Waals surface area contributed by atoms with Gasteiger partial charge in [-0.25, -0.2) is 0 Å². The van der Waals surface area contributed by atoms with E-state index in [1.165, 1.54) is 18.4 Å². The number of carbonyl (C=O) groups is 1. The second-order valence-electron chi connectivity index (χ2n) is 6.21. The molecule has 0 aromatic heterocycles. The number of rotatable bonds is 5. The first-order valence-corrected chi connectivity index (χ1v) is 8.64. The van der Waals surface area contributed by atoms with Crippen molar-refractivity contribution in [1.82, 2.24) is 5.32 Å². The third kappa shape index (κ3) is 4.92. The van der Waals surface area contributed by atoms with Gasteiger partial charge >= 0.3 is 0 Å². The molecule has 1 atom stereocenters. The molecule has 0 spiro atoms. The van der Waals surface area contributed by atoms with Gasteiger partial charge in [-0.2, -0.15) is 0 Å². The second kappa shape index (κ2) is 9.93. The predicted octanol–water partition coefficient (Wildman–Crippen LogP) is 3.96. The monoisotopic (exact) mass is 431 g/mol. The Morgan fingerprint density at radius 2 is 2.04 bits per heavy atom. The molecule has 3 rings (SSSR count). The van der Waals surface area contributed by atoms with E-state index in [1.807, 2.05) is 6.07 Å². The highest BCUT2D eigenvalue weighted by Gasteiger charge is 2.23. The first-order chi connectivity index (χ1) is 12.0. The summed E-state index contributed by atoms with van der Waals surface area (Å²) >= 11 is 6.04. The molecule has 0 saturated carbocycles. The Balaban J connectivity index is 0.00000182. The molecule has 5 nitrogen and oxygen atoms in total. The zero-order valence-electron chi connectivity index (χ0n) is 15.2. The number of benzene rings is 2. The van der Waals surface area contributed by atoms with E-state index in [2.05, 4.69) is 35.3 Å². The largest absolute Gasteiger partial charge is 0.496 e. The standard InChI is InChI=1S/C19H22ClN3O2.2ClH/c1-12(23-8-7-13-5-3-4-6-17(13)23)11-22-19(24)14-9-15(20)16(21)10-18(14)25-2;;/h3-6,9-10,12H,7-8,11,21H2,1-2H3,(H,22,24);2*1H. The number of fused-ring (bicyclic) bond motifs is 1. The molecule has 8 heteroatoms. The zero-order valence-corrected chi connectivity index (χ0v) is 17.6. The lowest BCUT2D eigenvalue weighted by molar-refractivity contribution is 0.0948. The number of hydrogen-bond acceptors (Lipinski definition) is 4. The summed E-state index contributed by atoms with van der Waals surface area (Å²) in [6.45, 7) is 3.60. The van der Waals surface area contributed by atoms with Gasteiger partial charge in [-0.15, -0.1) is 24.8 Å². The number of nitrogens with zero attached hydrogens (tertiary/aromatic N) is 1. The number of ether oxygens (including phenoxy) is 1. The van der Waals surface area contributed by atoms with Gasteiger partial charge in [0.2, 0.25) is 0 Å². The molecular formula is C19H24Cl3N3O2. The molecule has 27 heavy (non-hydrogen) atoms. The second-order valence-corrected chi connectivity index (χ2v) is 6.61. The zero-order chi connectivity index (χ0) is 18.0. The van der Waals surface area contributed by atoms with Crippen LogP contribution in [0.2, 0.25) is 5.02 Å².